The minimum atomic E-state index is 0.489. The SMILES string of the molecule is N#Cc1ccc2nc(-c3ccc(N(c4ccc(-c5nc6ccccc6o5)cc4)c4ccc5cc(-c6cc7ccc(C#N)cc7c7ccccc67)ccc5c4)cc3)oc2c1. The molecule has 7 nitrogen and oxygen atoms in total. The Morgan fingerprint density at radius 2 is 0.966 bits per heavy atom. The molecule has 0 aliphatic carbocycles. The van der Waals surface area contributed by atoms with Gasteiger partial charge in [0.2, 0.25) is 11.8 Å². The Morgan fingerprint density at radius 3 is 1.69 bits per heavy atom. The minimum absolute atomic E-state index is 0.489. The molecule has 0 aliphatic heterocycles. The Morgan fingerprint density at radius 1 is 0.407 bits per heavy atom. The van der Waals surface area contributed by atoms with E-state index in [-0.39, 0.29) is 0 Å². The second kappa shape index (κ2) is 13.6. The van der Waals surface area contributed by atoms with E-state index >= 15 is 0 Å². The maximum atomic E-state index is 9.58. The van der Waals surface area contributed by atoms with Gasteiger partial charge in [-0.1, -0.05) is 60.7 Å². The molecular formula is C52H29N5O2. The third-order valence-electron chi connectivity index (χ3n) is 10.9. The molecule has 0 spiro atoms. The predicted molar refractivity (Wildman–Crippen MR) is 235 cm³/mol. The molecule has 11 rings (SSSR count). The van der Waals surface area contributed by atoms with Crippen LogP contribution in [0.4, 0.5) is 17.1 Å². The van der Waals surface area contributed by atoms with Crippen molar-refractivity contribution in [1.29, 1.82) is 10.5 Å². The van der Waals surface area contributed by atoms with E-state index < -0.39 is 0 Å². The number of oxazole rings is 2. The van der Waals surface area contributed by atoms with Crippen LogP contribution in [0.1, 0.15) is 11.1 Å². The van der Waals surface area contributed by atoms with Gasteiger partial charge in [0, 0.05) is 34.3 Å². The lowest BCUT2D eigenvalue weighted by atomic mass is 9.91. The van der Waals surface area contributed by atoms with Crippen molar-refractivity contribution in [3.63, 3.8) is 0 Å². The minimum Gasteiger partial charge on any atom is -0.436 e. The van der Waals surface area contributed by atoms with Gasteiger partial charge < -0.3 is 13.7 Å². The average molecular weight is 756 g/mol. The van der Waals surface area contributed by atoms with Gasteiger partial charge in [0.25, 0.3) is 0 Å². The average Bonchev–Trinajstić information content (AvgIpc) is 3.94. The molecule has 274 valence electrons. The van der Waals surface area contributed by atoms with Crippen molar-refractivity contribution in [3.05, 3.63) is 187 Å². The van der Waals surface area contributed by atoms with Crippen molar-refractivity contribution in [2.24, 2.45) is 0 Å². The van der Waals surface area contributed by atoms with Gasteiger partial charge in [0.1, 0.15) is 11.0 Å². The highest BCUT2D eigenvalue weighted by molar-refractivity contribution is 6.14. The quantitative estimate of drug-likeness (QED) is 0.156. The molecule has 7 heteroatoms. The van der Waals surface area contributed by atoms with E-state index in [0.29, 0.717) is 34.0 Å². The summed E-state index contributed by atoms with van der Waals surface area (Å²) in [6.07, 6.45) is 0. The summed E-state index contributed by atoms with van der Waals surface area (Å²) in [5.74, 6) is 1.06. The molecule has 0 unspecified atom stereocenters. The number of fused-ring (bicyclic) bond motifs is 6. The molecule has 0 saturated carbocycles. The molecule has 0 aliphatic rings. The highest BCUT2D eigenvalue weighted by atomic mass is 16.4. The van der Waals surface area contributed by atoms with Crippen molar-refractivity contribution in [1.82, 2.24) is 9.97 Å². The fourth-order valence-corrected chi connectivity index (χ4v) is 8.02. The molecule has 0 atom stereocenters. The van der Waals surface area contributed by atoms with Gasteiger partial charge in [-0.05, 0) is 153 Å². The van der Waals surface area contributed by atoms with E-state index in [4.69, 9.17) is 13.8 Å². The summed E-state index contributed by atoms with van der Waals surface area (Å²) in [7, 11) is 0. The lowest BCUT2D eigenvalue weighted by Gasteiger charge is -2.26. The van der Waals surface area contributed by atoms with Crippen LogP contribution in [0.25, 0.3) is 88.6 Å². The molecule has 0 amide bonds. The summed E-state index contributed by atoms with van der Waals surface area (Å²) in [5, 5.41) is 25.6. The van der Waals surface area contributed by atoms with E-state index in [1.807, 2.05) is 66.7 Å². The van der Waals surface area contributed by atoms with E-state index in [9.17, 15) is 10.5 Å². The number of benzene rings is 9. The normalized spacial score (nSPS) is 11.4. The number of aromatic nitrogens is 2. The molecule has 11 aromatic rings. The lowest BCUT2D eigenvalue weighted by molar-refractivity contribution is 0.619. The molecule has 59 heavy (non-hydrogen) atoms. The van der Waals surface area contributed by atoms with Crippen LogP contribution in [-0.2, 0) is 0 Å². The molecule has 9 aromatic carbocycles. The van der Waals surface area contributed by atoms with Crippen LogP contribution in [0, 0.1) is 22.7 Å². The van der Waals surface area contributed by atoms with Crippen LogP contribution in [-0.4, -0.2) is 9.97 Å². The number of nitriles is 2. The maximum absolute atomic E-state index is 9.58. The van der Waals surface area contributed by atoms with Gasteiger partial charge in [-0.2, -0.15) is 10.5 Å². The smallest absolute Gasteiger partial charge is 0.227 e. The topological polar surface area (TPSA) is 103 Å². The van der Waals surface area contributed by atoms with E-state index in [0.717, 1.165) is 82.7 Å². The zero-order chi connectivity index (χ0) is 39.5. The molecule has 0 saturated heterocycles. The largest absolute Gasteiger partial charge is 0.436 e. The number of rotatable bonds is 6. The molecule has 0 bridgehead atoms. The van der Waals surface area contributed by atoms with Crippen LogP contribution in [0.3, 0.4) is 0 Å². The Labute approximate surface area is 337 Å². The zero-order valence-corrected chi connectivity index (χ0v) is 31.3. The Balaban J connectivity index is 0.992. The summed E-state index contributed by atoms with van der Waals surface area (Å²) in [4.78, 5) is 11.6. The van der Waals surface area contributed by atoms with Gasteiger partial charge in [-0.3, -0.25) is 0 Å². The maximum Gasteiger partial charge on any atom is 0.227 e. The first-order chi connectivity index (χ1) is 29.1. The standard InChI is InChI=1S/C52H29N5O2/c53-30-32-9-11-39-29-46(44-6-2-1-5-43(44)45(39)25-32)38-13-12-37-28-42(23-18-36(37)27-38)57(40-19-14-34(15-20-40)51-55-47-7-3-4-8-49(47)58-51)41-21-16-35(17-22-41)52-56-48-24-10-33(31-54)26-50(48)59-52/h1-29H. The van der Waals surface area contributed by atoms with Gasteiger partial charge in [-0.15, -0.1) is 0 Å². The monoisotopic (exact) mass is 755 g/mol. The fraction of sp³-hybridized carbons (Fsp3) is 0. The zero-order valence-electron chi connectivity index (χ0n) is 31.3. The lowest BCUT2D eigenvalue weighted by Crippen LogP contribution is -2.09. The van der Waals surface area contributed by atoms with Crippen molar-refractivity contribution < 1.29 is 8.83 Å². The van der Waals surface area contributed by atoms with Crippen LogP contribution in [0.5, 0.6) is 0 Å². The van der Waals surface area contributed by atoms with E-state index in [2.05, 4.69) is 113 Å². The Kier molecular flexibility index (Phi) is 7.79. The number of anilines is 3. The number of para-hydroxylation sites is 2. The van der Waals surface area contributed by atoms with Crippen molar-refractivity contribution in [2.45, 2.75) is 0 Å². The third-order valence-corrected chi connectivity index (χ3v) is 10.9. The summed E-state index contributed by atoms with van der Waals surface area (Å²) in [5.41, 5.74) is 10.9. The Hall–Kier alpha value is -8.52. The van der Waals surface area contributed by atoms with Crippen LogP contribution < -0.4 is 4.90 Å². The summed E-state index contributed by atoms with van der Waals surface area (Å²) in [6, 6.07) is 63.6. The summed E-state index contributed by atoms with van der Waals surface area (Å²) >= 11 is 0. The summed E-state index contributed by atoms with van der Waals surface area (Å²) in [6.45, 7) is 0. The first-order valence-corrected chi connectivity index (χ1v) is 19.2. The molecule has 0 fully saturated rings. The highest BCUT2D eigenvalue weighted by Crippen LogP contribution is 2.41. The first kappa shape index (κ1) is 33.8. The van der Waals surface area contributed by atoms with Crippen LogP contribution >= 0.6 is 0 Å². The Bertz CT molecular complexity index is 3500. The fourth-order valence-electron chi connectivity index (χ4n) is 8.02. The summed E-state index contributed by atoms with van der Waals surface area (Å²) < 4.78 is 12.2. The second-order valence-corrected chi connectivity index (χ2v) is 14.5. The number of hydrogen-bond acceptors (Lipinski definition) is 7. The molecule has 2 aromatic heterocycles. The van der Waals surface area contributed by atoms with Gasteiger partial charge in [0.15, 0.2) is 11.2 Å². The molecule has 2 heterocycles. The van der Waals surface area contributed by atoms with E-state index in [1.165, 1.54) is 0 Å². The van der Waals surface area contributed by atoms with Crippen LogP contribution in [0.15, 0.2) is 185 Å². The van der Waals surface area contributed by atoms with Crippen molar-refractivity contribution in [3.8, 4) is 46.2 Å². The van der Waals surface area contributed by atoms with Crippen molar-refractivity contribution in [2.75, 3.05) is 4.90 Å². The van der Waals surface area contributed by atoms with Gasteiger partial charge in [-0.25, -0.2) is 9.97 Å². The molecule has 0 radical (unpaired) electrons. The number of nitrogens with zero attached hydrogens (tertiary/aromatic N) is 5. The number of hydrogen-bond donors (Lipinski definition) is 0. The highest BCUT2D eigenvalue weighted by Gasteiger charge is 2.17. The van der Waals surface area contributed by atoms with Gasteiger partial charge in [0.05, 0.1) is 23.3 Å². The first-order valence-electron chi connectivity index (χ1n) is 19.2. The molecule has 0 N–H and O–H groups in total. The van der Waals surface area contributed by atoms with E-state index in [1.54, 1.807) is 18.2 Å². The van der Waals surface area contributed by atoms with Gasteiger partial charge >= 0.3 is 0 Å². The van der Waals surface area contributed by atoms with Crippen LogP contribution in [0.2, 0.25) is 0 Å². The third kappa shape index (κ3) is 5.90. The molecular weight excluding hydrogens is 727 g/mol. The predicted octanol–water partition coefficient (Wildman–Crippen LogP) is 13.6. The second-order valence-electron chi connectivity index (χ2n) is 14.5. The van der Waals surface area contributed by atoms with Crippen molar-refractivity contribution >= 4 is 71.6 Å².